The highest BCUT2D eigenvalue weighted by Crippen LogP contribution is 2.27. The molecule has 1 aromatic rings. The molecular weight excluding hydrogens is 235 g/mol. The van der Waals surface area contributed by atoms with Crippen LogP contribution in [-0.4, -0.2) is 24.9 Å². The Balaban J connectivity index is 2.70. The van der Waals surface area contributed by atoms with Gasteiger partial charge in [0.25, 0.3) is 0 Å². The summed E-state index contributed by atoms with van der Waals surface area (Å²) in [5, 5.41) is 10.1. The van der Waals surface area contributed by atoms with Crippen LogP contribution in [0.3, 0.4) is 0 Å². The molecule has 0 aliphatic carbocycles. The molecule has 0 fully saturated rings. The van der Waals surface area contributed by atoms with Crippen molar-refractivity contribution >= 4 is 0 Å². The molecule has 1 rings (SSSR count). The second-order valence-corrected chi connectivity index (χ2v) is 4.91. The Morgan fingerprint density at radius 1 is 1.33 bits per heavy atom. The number of hydrogen-bond donors (Lipinski definition) is 1. The first-order valence-corrected chi connectivity index (χ1v) is 5.96. The zero-order valence-electron chi connectivity index (χ0n) is 11.4. The lowest BCUT2D eigenvalue weighted by atomic mass is 9.96. The largest absolute Gasteiger partial charge is 0.494 e. The van der Waals surface area contributed by atoms with E-state index >= 15 is 0 Å². The molecule has 0 aliphatic heterocycles. The first-order chi connectivity index (χ1) is 8.39. The summed E-state index contributed by atoms with van der Waals surface area (Å²) in [4.78, 5) is 0. The van der Waals surface area contributed by atoms with Crippen molar-refractivity contribution in [3.8, 4) is 5.75 Å². The van der Waals surface area contributed by atoms with Crippen LogP contribution in [0.15, 0.2) is 18.2 Å². The fraction of sp³-hybridized carbons (Fsp3) is 0.571. The maximum absolute atomic E-state index is 13.2. The molecule has 0 saturated carbocycles. The van der Waals surface area contributed by atoms with Crippen LogP contribution in [0.1, 0.15) is 38.4 Å². The van der Waals surface area contributed by atoms with Gasteiger partial charge in [0, 0.05) is 7.11 Å². The Labute approximate surface area is 108 Å². The van der Waals surface area contributed by atoms with Crippen LogP contribution in [0.25, 0.3) is 0 Å². The number of halogens is 1. The third-order valence-electron chi connectivity index (χ3n) is 3.13. The van der Waals surface area contributed by atoms with Crippen molar-refractivity contribution in [1.82, 2.24) is 0 Å². The van der Waals surface area contributed by atoms with Crippen LogP contribution < -0.4 is 4.74 Å². The molecule has 0 aromatic heterocycles. The molecular formula is C14H21FO3. The summed E-state index contributed by atoms with van der Waals surface area (Å²) >= 11 is 0. The van der Waals surface area contributed by atoms with E-state index in [-0.39, 0.29) is 11.4 Å². The Bertz CT molecular complexity index is 391. The standard InChI is InChI=1S/C14H21FO3/c1-14(2,18-4)8-7-12(16)10-5-6-11(15)13(9-10)17-3/h5-6,9,12,16H,7-8H2,1-4H3. The Kier molecular flexibility index (Phi) is 5.11. The summed E-state index contributed by atoms with van der Waals surface area (Å²) in [6.07, 6.45) is 0.619. The number of methoxy groups -OCH3 is 2. The summed E-state index contributed by atoms with van der Waals surface area (Å²) in [6, 6.07) is 4.40. The van der Waals surface area contributed by atoms with Gasteiger partial charge in [-0.15, -0.1) is 0 Å². The van der Waals surface area contributed by atoms with Crippen LogP contribution in [0.5, 0.6) is 5.75 Å². The SMILES string of the molecule is COc1cc(C(O)CCC(C)(C)OC)ccc1F. The molecule has 0 saturated heterocycles. The lowest BCUT2D eigenvalue weighted by Gasteiger charge is -2.24. The average molecular weight is 256 g/mol. The van der Waals surface area contributed by atoms with E-state index in [0.717, 1.165) is 0 Å². The van der Waals surface area contributed by atoms with Gasteiger partial charge < -0.3 is 14.6 Å². The predicted octanol–water partition coefficient (Wildman–Crippen LogP) is 3.07. The van der Waals surface area contributed by atoms with Crippen LogP contribution >= 0.6 is 0 Å². The molecule has 1 aromatic carbocycles. The van der Waals surface area contributed by atoms with Gasteiger partial charge in [-0.2, -0.15) is 0 Å². The topological polar surface area (TPSA) is 38.7 Å². The van der Waals surface area contributed by atoms with E-state index < -0.39 is 11.9 Å². The minimum atomic E-state index is -0.645. The Hall–Kier alpha value is -1.13. The lowest BCUT2D eigenvalue weighted by molar-refractivity contribution is 0.00277. The summed E-state index contributed by atoms with van der Waals surface area (Å²) in [5.41, 5.74) is 0.380. The summed E-state index contributed by atoms with van der Waals surface area (Å²) in [6.45, 7) is 3.93. The molecule has 1 unspecified atom stereocenters. The number of aliphatic hydroxyl groups excluding tert-OH is 1. The van der Waals surface area contributed by atoms with Crippen LogP contribution in [-0.2, 0) is 4.74 Å². The van der Waals surface area contributed by atoms with Crippen molar-refractivity contribution in [3.63, 3.8) is 0 Å². The average Bonchev–Trinajstić information content (AvgIpc) is 2.36. The van der Waals surface area contributed by atoms with E-state index in [9.17, 15) is 9.50 Å². The third-order valence-corrected chi connectivity index (χ3v) is 3.13. The molecule has 4 heteroatoms. The van der Waals surface area contributed by atoms with E-state index in [1.54, 1.807) is 13.2 Å². The van der Waals surface area contributed by atoms with Crippen LogP contribution in [0.2, 0.25) is 0 Å². The fourth-order valence-corrected chi connectivity index (χ4v) is 1.64. The Morgan fingerprint density at radius 3 is 2.56 bits per heavy atom. The molecule has 0 aliphatic rings. The quantitative estimate of drug-likeness (QED) is 0.850. The van der Waals surface area contributed by atoms with Gasteiger partial charge in [-0.1, -0.05) is 6.07 Å². The Morgan fingerprint density at radius 2 is 2.00 bits per heavy atom. The minimum Gasteiger partial charge on any atom is -0.494 e. The maximum atomic E-state index is 13.2. The second-order valence-electron chi connectivity index (χ2n) is 4.91. The van der Waals surface area contributed by atoms with Gasteiger partial charge in [0.2, 0.25) is 0 Å². The molecule has 0 spiro atoms. The van der Waals surface area contributed by atoms with E-state index in [1.807, 2.05) is 13.8 Å². The molecule has 102 valence electrons. The zero-order chi connectivity index (χ0) is 13.8. The molecule has 0 heterocycles. The minimum absolute atomic E-state index is 0.151. The second kappa shape index (κ2) is 6.16. The first-order valence-electron chi connectivity index (χ1n) is 5.96. The van der Waals surface area contributed by atoms with Gasteiger partial charge in [0.1, 0.15) is 0 Å². The van der Waals surface area contributed by atoms with Crippen molar-refractivity contribution < 1.29 is 19.0 Å². The highest BCUT2D eigenvalue weighted by molar-refractivity contribution is 5.31. The van der Waals surface area contributed by atoms with E-state index in [2.05, 4.69) is 0 Å². The molecule has 0 bridgehead atoms. The molecule has 1 atom stereocenters. The molecule has 0 radical (unpaired) electrons. The first kappa shape index (κ1) is 14.9. The number of hydrogen-bond acceptors (Lipinski definition) is 3. The number of aliphatic hydroxyl groups is 1. The fourth-order valence-electron chi connectivity index (χ4n) is 1.64. The van der Waals surface area contributed by atoms with E-state index in [0.29, 0.717) is 18.4 Å². The van der Waals surface area contributed by atoms with Crippen molar-refractivity contribution in [1.29, 1.82) is 0 Å². The maximum Gasteiger partial charge on any atom is 0.165 e. The molecule has 3 nitrogen and oxygen atoms in total. The monoisotopic (exact) mass is 256 g/mol. The van der Waals surface area contributed by atoms with Gasteiger partial charge in [-0.05, 0) is 44.4 Å². The van der Waals surface area contributed by atoms with E-state index in [4.69, 9.17) is 9.47 Å². The van der Waals surface area contributed by atoms with Crippen molar-refractivity contribution in [2.75, 3.05) is 14.2 Å². The van der Waals surface area contributed by atoms with Crippen LogP contribution in [0.4, 0.5) is 4.39 Å². The number of ether oxygens (including phenoxy) is 2. The highest BCUT2D eigenvalue weighted by Gasteiger charge is 2.19. The van der Waals surface area contributed by atoms with Crippen LogP contribution in [0, 0.1) is 5.82 Å². The number of rotatable bonds is 6. The van der Waals surface area contributed by atoms with Gasteiger partial charge in [0.15, 0.2) is 11.6 Å². The number of benzene rings is 1. The van der Waals surface area contributed by atoms with Gasteiger partial charge in [-0.25, -0.2) is 4.39 Å². The summed E-state index contributed by atoms with van der Waals surface area (Å²) in [7, 11) is 3.05. The predicted molar refractivity (Wildman–Crippen MR) is 68.2 cm³/mol. The lowest BCUT2D eigenvalue weighted by Crippen LogP contribution is -2.23. The van der Waals surface area contributed by atoms with Gasteiger partial charge in [-0.3, -0.25) is 0 Å². The summed E-state index contributed by atoms with van der Waals surface area (Å²) < 4.78 is 23.4. The normalized spacial score (nSPS) is 13.4. The molecule has 18 heavy (non-hydrogen) atoms. The van der Waals surface area contributed by atoms with Gasteiger partial charge in [0.05, 0.1) is 18.8 Å². The van der Waals surface area contributed by atoms with Gasteiger partial charge >= 0.3 is 0 Å². The third kappa shape index (κ3) is 3.96. The van der Waals surface area contributed by atoms with Crippen molar-refractivity contribution in [2.45, 2.75) is 38.4 Å². The van der Waals surface area contributed by atoms with E-state index in [1.165, 1.54) is 19.2 Å². The zero-order valence-corrected chi connectivity index (χ0v) is 11.4. The molecule has 0 amide bonds. The molecule has 1 N–H and O–H groups in total. The van der Waals surface area contributed by atoms with Crippen molar-refractivity contribution in [3.05, 3.63) is 29.6 Å². The van der Waals surface area contributed by atoms with Crippen molar-refractivity contribution in [2.24, 2.45) is 0 Å². The highest BCUT2D eigenvalue weighted by atomic mass is 19.1. The summed E-state index contributed by atoms with van der Waals surface area (Å²) in [5.74, 6) is -0.275. The smallest absolute Gasteiger partial charge is 0.165 e.